The predicted octanol–water partition coefficient (Wildman–Crippen LogP) is 3.07. The molecule has 0 spiro atoms. The number of hydrogen-bond donors (Lipinski definition) is 0. The lowest BCUT2D eigenvalue weighted by Gasteiger charge is -2.02. The van der Waals surface area contributed by atoms with Crippen LogP contribution in [0.1, 0.15) is 14.5 Å². The Balaban J connectivity index is 2.93. The van der Waals surface area contributed by atoms with E-state index >= 15 is 0 Å². The molecule has 0 radical (unpaired) electrons. The molecule has 0 unspecified atom stereocenters. The molecule has 0 aliphatic heterocycles. The molecule has 1 nitrogen and oxygen atoms in total. The van der Waals surface area contributed by atoms with E-state index in [0.29, 0.717) is 0 Å². The summed E-state index contributed by atoms with van der Waals surface area (Å²) in [5.74, 6) is -1.33. The highest BCUT2D eigenvalue weighted by Gasteiger charge is 2.37. The van der Waals surface area contributed by atoms with Crippen LogP contribution in [0.3, 0.4) is 0 Å². The van der Waals surface area contributed by atoms with Gasteiger partial charge in [-0.2, -0.15) is 8.78 Å². The van der Waals surface area contributed by atoms with Gasteiger partial charge in [0, 0.05) is 4.88 Å². The van der Waals surface area contributed by atoms with Gasteiger partial charge < -0.3 is 0 Å². The molecule has 1 rings (SSSR count). The third-order valence-electron chi connectivity index (χ3n) is 1.22. The average molecular weight is 211 g/mol. The second-order valence-electron chi connectivity index (χ2n) is 2.24. The van der Waals surface area contributed by atoms with E-state index in [1.165, 1.54) is 6.07 Å². The van der Waals surface area contributed by atoms with Gasteiger partial charge in [0.2, 0.25) is 0 Å². The summed E-state index contributed by atoms with van der Waals surface area (Å²) in [4.78, 5) is 11.6. The van der Waals surface area contributed by atoms with Crippen molar-refractivity contribution in [2.24, 2.45) is 0 Å². The Kier molecular flexibility index (Phi) is 2.49. The standard InChI is InChI=1S/C7H5ClF2OS/c1-4-2-3-5(12-4)6(11)7(8,9)10/h2-3H,1H3. The van der Waals surface area contributed by atoms with Crippen molar-refractivity contribution in [1.82, 2.24) is 0 Å². The van der Waals surface area contributed by atoms with Gasteiger partial charge in [-0.05, 0) is 30.7 Å². The van der Waals surface area contributed by atoms with E-state index < -0.39 is 11.2 Å². The summed E-state index contributed by atoms with van der Waals surface area (Å²) >= 11 is 5.56. The summed E-state index contributed by atoms with van der Waals surface area (Å²) in [5.41, 5.74) is 0. The van der Waals surface area contributed by atoms with E-state index in [0.717, 1.165) is 16.2 Å². The average Bonchev–Trinajstić information content (AvgIpc) is 2.32. The zero-order valence-electron chi connectivity index (χ0n) is 6.11. The second-order valence-corrected chi connectivity index (χ2v) is 4.00. The van der Waals surface area contributed by atoms with Crippen molar-refractivity contribution in [2.45, 2.75) is 12.3 Å². The van der Waals surface area contributed by atoms with Crippen LogP contribution in [0.15, 0.2) is 12.1 Å². The fraction of sp³-hybridized carbons (Fsp3) is 0.286. The summed E-state index contributed by atoms with van der Waals surface area (Å²) in [6.07, 6.45) is 0. The molecule has 0 aliphatic carbocycles. The molecule has 0 saturated heterocycles. The SMILES string of the molecule is Cc1ccc(C(=O)C(F)(F)Cl)s1. The number of thiophene rings is 1. The number of aryl methyl sites for hydroxylation is 1. The van der Waals surface area contributed by atoms with Crippen LogP contribution in [0.4, 0.5) is 8.78 Å². The molecular formula is C7H5ClF2OS. The van der Waals surface area contributed by atoms with Gasteiger partial charge in [-0.3, -0.25) is 4.79 Å². The molecule has 0 atom stereocenters. The van der Waals surface area contributed by atoms with Gasteiger partial charge in [-0.25, -0.2) is 0 Å². The van der Waals surface area contributed by atoms with Gasteiger partial charge in [-0.1, -0.05) is 0 Å². The monoisotopic (exact) mass is 210 g/mol. The van der Waals surface area contributed by atoms with Gasteiger partial charge in [-0.15, -0.1) is 11.3 Å². The normalized spacial score (nSPS) is 11.7. The van der Waals surface area contributed by atoms with Gasteiger partial charge in [0.25, 0.3) is 5.78 Å². The zero-order valence-corrected chi connectivity index (χ0v) is 7.68. The van der Waals surface area contributed by atoms with Crippen molar-refractivity contribution in [1.29, 1.82) is 0 Å². The van der Waals surface area contributed by atoms with E-state index in [2.05, 4.69) is 11.6 Å². The molecule has 1 aromatic heterocycles. The first-order valence-electron chi connectivity index (χ1n) is 3.09. The van der Waals surface area contributed by atoms with Crippen molar-refractivity contribution >= 4 is 28.7 Å². The first-order chi connectivity index (χ1) is 5.41. The molecule has 0 N–H and O–H groups in total. The molecule has 0 amide bonds. The number of carbonyl (C=O) groups is 1. The van der Waals surface area contributed by atoms with Crippen LogP contribution in [0, 0.1) is 6.92 Å². The quantitative estimate of drug-likeness (QED) is 0.542. The Morgan fingerprint density at radius 1 is 1.58 bits per heavy atom. The minimum atomic E-state index is -3.78. The lowest BCUT2D eigenvalue weighted by molar-refractivity contribution is 0.0541. The fourth-order valence-corrected chi connectivity index (χ4v) is 1.69. The lowest BCUT2D eigenvalue weighted by Crippen LogP contribution is -2.20. The number of rotatable bonds is 2. The fourth-order valence-electron chi connectivity index (χ4n) is 0.696. The van der Waals surface area contributed by atoms with Gasteiger partial charge in [0.1, 0.15) is 0 Å². The van der Waals surface area contributed by atoms with Crippen molar-refractivity contribution < 1.29 is 13.6 Å². The number of hydrogen-bond acceptors (Lipinski definition) is 2. The van der Waals surface area contributed by atoms with Gasteiger partial charge in [0.05, 0.1) is 4.88 Å². The van der Waals surface area contributed by atoms with Crippen LogP contribution in [0.25, 0.3) is 0 Å². The van der Waals surface area contributed by atoms with E-state index in [9.17, 15) is 13.6 Å². The van der Waals surface area contributed by atoms with Crippen LogP contribution in [-0.4, -0.2) is 11.2 Å². The van der Waals surface area contributed by atoms with Crippen molar-refractivity contribution in [3.05, 3.63) is 21.9 Å². The van der Waals surface area contributed by atoms with E-state index in [1.54, 1.807) is 13.0 Å². The largest absolute Gasteiger partial charge is 0.385 e. The van der Waals surface area contributed by atoms with Crippen LogP contribution >= 0.6 is 22.9 Å². The smallest absolute Gasteiger partial charge is 0.285 e. The highest BCUT2D eigenvalue weighted by molar-refractivity contribution is 7.14. The number of carbonyl (C=O) groups excluding carboxylic acids is 1. The summed E-state index contributed by atoms with van der Waals surface area (Å²) in [5, 5.41) is -3.78. The Morgan fingerprint density at radius 3 is 2.50 bits per heavy atom. The maximum Gasteiger partial charge on any atom is 0.385 e. The Labute approximate surface area is 77.0 Å². The van der Waals surface area contributed by atoms with Crippen molar-refractivity contribution in [3.8, 4) is 0 Å². The molecule has 66 valence electrons. The number of Topliss-reactive ketones (excluding diaryl/α,β-unsaturated/α-hetero) is 1. The van der Waals surface area contributed by atoms with Crippen LogP contribution in [-0.2, 0) is 0 Å². The van der Waals surface area contributed by atoms with E-state index in [4.69, 9.17) is 0 Å². The summed E-state index contributed by atoms with van der Waals surface area (Å²) < 4.78 is 24.5. The highest BCUT2D eigenvalue weighted by Crippen LogP contribution is 2.27. The van der Waals surface area contributed by atoms with Crippen LogP contribution in [0.5, 0.6) is 0 Å². The summed E-state index contributed by atoms with van der Waals surface area (Å²) in [7, 11) is 0. The third kappa shape index (κ3) is 2.01. The molecular weight excluding hydrogens is 206 g/mol. The molecule has 1 aromatic rings. The third-order valence-corrected chi connectivity index (χ3v) is 2.39. The molecule has 1 heterocycles. The lowest BCUT2D eigenvalue weighted by atomic mass is 10.3. The van der Waals surface area contributed by atoms with Crippen LogP contribution in [0.2, 0.25) is 0 Å². The van der Waals surface area contributed by atoms with Gasteiger partial charge >= 0.3 is 5.38 Å². The number of alkyl halides is 3. The predicted molar refractivity (Wildman–Crippen MR) is 44.2 cm³/mol. The van der Waals surface area contributed by atoms with Crippen LogP contribution < -0.4 is 0 Å². The Hall–Kier alpha value is -0.480. The molecule has 0 aliphatic rings. The molecule has 12 heavy (non-hydrogen) atoms. The van der Waals surface area contributed by atoms with Crippen molar-refractivity contribution in [2.75, 3.05) is 0 Å². The Bertz CT molecular complexity index is 303. The molecule has 0 aromatic carbocycles. The van der Waals surface area contributed by atoms with E-state index in [1.807, 2.05) is 0 Å². The summed E-state index contributed by atoms with van der Waals surface area (Å²) in [6, 6.07) is 2.94. The summed E-state index contributed by atoms with van der Waals surface area (Å²) in [6.45, 7) is 1.73. The minimum Gasteiger partial charge on any atom is -0.285 e. The second kappa shape index (κ2) is 3.11. The molecule has 0 fully saturated rings. The highest BCUT2D eigenvalue weighted by atomic mass is 35.5. The Morgan fingerprint density at radius 2 is 2.17 bits per heavy atom. The number of ketones is 1. The topological polar surface area (TPSA) is 17.1 Å². The molecule has 0 bridgehead atoms. The van der Waals surface area contributed by atoms with Gasteiger partial charge in [0.15, 0.2) is 0 Å². The first-order valence-corrected chi connectivity index (χ1v) is 4.28. The van der Waals surface area contributed by atoms with Crippen molar-refractivity contribution in [3.63, 3.8) is 0 Å². The molecule has 0 saturated carbocycles. The maximum absolute atomic E-state index is 12.2. The first kappa shape index (κ1) is 9.61. The maximum atomic E-state index is 12.2. The number of halogens is 3. The zero-order chi connectivity index (χ0) is 9.35. The van der Waals surface area contributed by atoms with E-state index in [-0.39, 0.29) is 4.88 Å². The minimum absolute atomic E-state index is 0.00694. The molecule has 5 heteroatoms.